The fourth-order valence-electron chi connectivity index (χ4n) is 2.92. The highest BCUT2D eigenvalue weighted by Crippen LogP contribution is 2.36. The third kappa shape index (κ3) is 2.87. The number of H-pyrrole nitrogens is 1. The first-order valence-electron chi connectivity index (χ1n) is 7.72. The molecule has 0 bridgehead atoms. The van der Waals surface area contributed by atoms with Crippen LogP contribution in [0.1, 0.15) is 26.3 Å². The molecule has 0 atom stereocenters. The summed E-state index contributed by atoms with van der Waals surface area (Å²) in [5.74, 6) is 0.904. The van der Waals surface area contributed by atoms with E-state index in [-0.39, 0.29) is 5.41 Å². The van der Waals surface area contributed by atoms with E-state index in [2.05, 4.69) is 68.2 Å². The zero-order valence-corrected chi connectivity index (χ0v) is 13.7. The van der Waals surface area contributed by atoms with E-state index in [0.29, 0.717) is 0 Å². The third-order valence-electron chi connectivity index (χ3n) is 3.88. The molecule has 0 saturated carbocycles. The number of ether oxygens (including phenoxy) is 1. The average molecular weight is 293 g/mol. The highest BCUT2D eigenvalue weighted by atomic mass is 16.5. The topological polar surface area (TPSA) is 25.0 Å². The Balaban J connectivity index is 2.24. The van der Waals surface area contributed by atoms with Gasteiger partial charge in [-0.15, -0.1) is 0 Å². The van der Waals surface area contributed by atoms with Crippen LogP contribution in [0, 0.1) is 5.41 Å². The average Bonchev–Trinajstić information content (AvgIpc) is 2.84. The fraction of sp³-hybridized carbons (Fsp3) is 0.300. The Hall–Kier alpha value is -2.22. The molecule has 0 fully saturated rings. The van der Waals surface area contributed by atoms with Gasteiger partial charge in [0, 0.05) is 16.6 Å². The van der Waals surface area contributed by atoms with E-state index in [4.69, 9.17) is 4.74 Å². The molecule has 0 saturated heterocycles. The minimum atomic E-state index is 0.224. The van der Waals surface area contributed by atoms with Gasteiger partial charge in [0.25, 0.3) is 0 Å². The molecule has 2 nitrogen and oxygen atoms in total. The molecule has 0 radical (unpaired) electrons. The maximum Gasteiger partial charge on any atom is 0.119 e. The molecule has 1 N–H and O–H groups in total. The Labute approximate surface area is 132 Å². The van der Waals surface area contributed by atoms with Gasteiger partial charge >= 0.3 is 0 Å². The molecule has 0 aliphatic heterocycles. The molecule has 2 aromatic carbocycles. The molecule has 0 aliphatic rings. The first kappa shape index (κ1) is 14.7. The molecular weight excluding hydrogens is 270 g/mol. The van der Waals surface area contributed by atoms with E-state index in [1.165, 1.54) is 27.7 Å². The van der Waals surface area contributed by atoms with Gasteiger partial charge in [-0.3, -0.25) is 0 Å². The summed E-state index contributed by atoms with van der Waals surface area (Å²) in [5, 5.41) is 1.26. The van der Waals surface area contributed by atoms with Crippen molar-refractivity contribution in [1.82, 2.24) is 4.98 Å². The second-order valence-electron chi connectivity index (χ2n) is 6.99. The molecule has 22 heavy (non-hydrogen) atoms. The highest BCUT2D eigenvalue weighted by Gasteiger charge is 2.19. The number of rotatable bonds is 3. The number of fused-ring (bicyclic) bond motifs is 1. The molecule has 114 valence electrons. The Bertz CT molecular complexity index is 779. The lowest BCUT2D eigenvalue weighted by atomic mass is 9.86. The van der Waals surface area contributed by atoms with Crippen LogP contribution in [0.25, 0.3) is 22.2 Å². The summed E-state index contributed by atoms with van der Waals surface area (Å²) in [6.45, 7) is 6.84. The minimum Gasteiger partial charge on any atom is -0.497 e. The summed E-state index contributed by atoms with van der Waals surface area (Å²) in [6, 6.07) is 16.8. The van der Waals surface area contributed by atoms with Gasteiger partial charge in [-0.05, 0) is 41.2 Å². The number of nitrogens with one attached hydrogen (secondary N) is 1. The van der Waals surface area contributed by atoms with Gasteiger partial charge in [-0.25, -0.2) is 0 Å². The monoisotopic (exact) mass is 293 g/mol. The molecular formula is C20H23NO. The molecule has 3 rings (SSSR count). The maximum atomic E-state index is 5.41. The molecule has 0 aliphatic carbocycles. The second kappa shape index (κ2) is 5.53. The lowest BCUT2D eigenvalue weighted by Crippen LogP contribution is -2.09. The van der Waals surface area contributed by atoms with E-state index in [9.17, 15) is 0 Å². The Morgan fingerprint density at radius 3 is 2.36 bits per heavy atom. The second-order valence-corrected chi connectivity index (χ2v) is 6.99. The number of methoxy groups -OCH3 is 1. The van der Waals surface area contributed by atoms with Crippen molar-refractivity contribution in [3.8, 4) is 17.0 Å². The third-order valence-corrected chi connectivity index (χ3v) is 3.88. The number of aromatic amines is 1. The van der Waals surface area contributed by atoms with Crippen LogP contribution in [0.5, 0.6) is 5.75 Å². The van der Waals surface area contributed by atoms with Crippen LogP contribution >= 0.6 is 0 Å². The number of hydrogen-bond donors (Lipinski definition) is 1. The Morgan fingerprint density at radius 2 is 1.73 bits per heavy atom. The first-order chi connectivity index (χ1) is 10.5. The Kier molecular flexibility index (Phi) is 3.69. The fourth-order valence-corrected chi connectivity index (χ4v) is 2.92. The van der Waals surface area contributed by atoms with Crippen LogP contribution in [0.3, 0.4) is 0 Å². The van der Waals surface area contributed by atoms with Crippen molar-refractivity contribution in [3.63, 3.8) is 0 Å². The summed E-state index contributed by atoms with van der Waals surface area (Å²) in [7, 11) is 1.72. The van der Waals surface area contributed by atoms with Crippen LogP contribution in [0.4, 0.5) is 0 Å². The van der Waals surface area contributed by atoms with Gasteiger partial charge in [0.15, 0.2) is 0 Å². The standard InChI is InChI=1S/C20H23NO/c1-20(2,3)13-17-16-12-15(22-4)10-11-18(16)21-19(17)14-8-6-5-7-9-14/h5-12,21H,13H2,1-4H3. The van der Waals surface area contributed by atoms with E-state index in [0.717, 1.165) is 12.2 Å². The molecule has 0 spiro atoms. The quantitative estimate of drug-likeness (QED) is 0.684. The van der Waals surface area contributed by atoms with E-state index >= 15 is 0 Å². The van der Waals surface area contributed by atoms with Gasteiger partial charge in [0.2, 0.25) is 0 Å². The molecule has 0 unspecified atom stereocenters. The SMILES string of the molecule is COc1ccc2[nH]c(-c3ccccc3)c(CC(C)(C)C)c2c1. The summed E-state index contributed by atoms with van der Waals surface area (Å²) in [6.07, 6.45) is 1.02. The Morgan fingerprint density at radius 1 is 1.00 bits per heavy atom. The number of hydrogen-bond acceptors (Lipinski definition) is 1. The summed E-state index contributed by atoms with van der Waals surface area (Å²) in [5.41, 5.74) is 5.21. The lowest BCUT2D eigenvalue weighted by Gasteiger charge is -2.19. The molecule has 1 aromatic heterocycles. The number of aromatic nitrogens is 1. The van der Waals surface area contributed by atoms with Crippen LogP contribution in [-0.4, -0.2) is 12.1 Å². The highest BCUT2D eigenvalue weighted by molar-refractivity contribution is 5.91. The summed E-state index contributed by atoms with van der Waals surface area (Å²) >= 11 is 0. The van der Waals surface area contributed by atoms with E-state index in [1.54, 1.807) is 7.11 Å². The van der Waals surface area contributed by atoms with Crippen molar-refractivity contribution in [2.24, 2.45) is 5.41 Å². The summed E-state index contributed by atoms with van der Waals surface area (Å²) < 4.78 is 5.41. The zero-order valence-electron chi connectivity index (χ0n) is 13.7. The normalized spacial score (nSPS) is 11.8. The van der Waals surface area contributed by atoms with Gasteiger partial charge in [-0.1, -0.05) is 51.1 Å². The predicted molar refractivity (Wildman–Crippen MR) is 93.4 cm³/mol. The largest absolute Gasteiger partial charge is 0.497 e. The van der Waals surface area contributed by atoms with Gasteiger partial charge in [-0.2, -0.15) is 0 Å². The van der Waals surface area contributed by atoms with E-state index in [1.807, 2.05) is 6.07 Å². The van der Waals surface area contributed by atoms with Crippen LogP contribution < -0.4 is 4.74 Å². The molecule has 0 amide bonds. The summed E-state index contributed by atoms with van der Waals surface area (Å²) in [4.78, 5) is 3.60. The van der Waals surface area contributed by atoms with Crippen molar-refractivity contribution in [2.45, 2.75) is 27.2 Å². The van der Waals surface area contributed by atoms with Crippen molar-refractivity contribution in [3.05, 3.63) is 54.1 Å². The van der Waals surface area contributed by atoms with Gasteiger partial charge < -0.3 is 9.72 Å². The van der Waals surface area contributed by atoms with Gasteiger partial charge in [0.1, 0.15) is 5.75 Å². The molecule has 3 aromatic rings. The number of benzene rings is 2. The molecule has 2 heteroatoms. The maximum absolute atomic E-state index is 5.41. The van der Waals surface area contributed by atoms with Gasteiger partial charge in [0.05, 0.1) is 7.11 Å². The first-order valence-corrected chi connectivity index (χ1v) is 7.72. The van der Waals surface area contributed by atoms with Crippen molar-refractivity contribution in [2.75, 3.05) is 7.11 Å². The van der Waals surface area contributed by atoms with Crippen molar-refractivity contribution in [1.29, 1.82) is 0 Å². The lowest BCUT2D eigenvalue weighted by molar-refractivity contribution is 0.411. The zero-order chi connectivity index (χ0) is 15.7. The minimum absolute atomic E-state index is 0.224. The van der Waals surface area contributed by atoms with Crippen molar-refractivity contribution >= 4 is 10.9 Å². The van der Waals surface area contributed by atoms with E-state index < -0.39 is 0 Å². The predicted octanol–water partition coefficient (Wildman–Crippen LogP) is 5.43. The van der Waals surface area contributed by atoms with Crippen LogP contribution in [0.15, 0.2) is 48.5 Å². The van der Waals surface area contributed by atoms with Crippen LogP contribution in [0.2, 0.25) is 0 Å². The molecule has 1 heterocycles. The van der Waals surface area contributed by atoms with Crippen molar-refractivity contribution < 1.29 is 4.74 Å². The van der Waals surface area contributed by atoms with Crippen LogP contribution in [-0.2, 0) is 6.42 Å². The smallest absolute Gasteiger partial charge is 0.119 e.